The topological polar surface area (TPSA) is 120 Å². The molecule has 0 saturated heterocycles. The molecule has 31 heavy (non-hydrogen) atoms. The molecule has 1 fully saturated rings. The van der Waals surface area contributed by atoms with Crippen LogP contribution in [0.3, 0.4) is 0 Å². The van der Waals surface area contributed by atoms with Gasteiger partial charge in [0.1, 0.15) is 6.10 Å². The molecule has 9 heteroatoms. The van der Waals surface area contributed by atoms with Crippen LogP contribution in [0.1, 0.15) is 58.8 Å². The van der Waals surface area contributed by atoms with Crippen LogP contribution in [0.2, 0.25) is 0 Å². The fourth-order valence-corrected chi connectivity index (χ4v) is 4.06. The first-order valence-corrected chi connectivity index (χ1v) is 10.8. The van der Waals surface area contributed by atoms with Crippen LogP contribution in [0, 0.1) is 22.0 Å². The van der Waals surface area contributed by atoms with E-state index in [4.69, 9.17) is 4.74 Å². The molecule has 9 nitrogen and oxygen atoms in total. The van der Waals surface area contributed by atoms with E-state index >= 15 is 0 Å². The van der Waals surface area contributed by atoms with Crippen molar-refractivity contribution in [3.05, 3.63) is 34.4 Å². The summed E-state index contributed by atoms with van der Waals surface area (Å²) in [5, 5.41) is 21.6. The van der Waals surface area contributed by atoms with E-state index in [2.05, 4.69) is 40.7 Å². The van der Waals surface area contributed by atoms with E-state index in [9.17, 15) is 14.9 Å². The molecule has 3 rings (SSSR count). The highest BCUT2D eigenvalue weighted by atomic mass is 16.6. The van der Waals surface area contributed by atoms with Crippen molar-refractivity contribution in [1.29, 1.82) is 0 Å². The fraction of sp³-hybridized carbons (Fsp3) is 0.591. The van der Waals surface area contributed by atoms with E-state index in [1.54, 1.807) is 6.07 Å². The lowest BCUT2D eigenvalue weighted by molar-refractivity contribution is -0.383. The van der Waals surface area contributed by atoms with Gasteiger partial charge in [-0.3, -0.25) is 14.9 Å². The van der Waals surface area contributed by atoms with Crippen LogP contribution in [0.25, 0.3) is 11.0 Å². The summed E-state index contributed by atoms with van der Waals surface area (Å²) in [5.41, 5.74) is 2.14. The number of carbonyl (C=O) groups excluding carboxylic acids is 1. The molecule has 2 aromatic rings. The van der Waals surface area contributed by atoms with Crippen molar-refractivity contribution in [3.63, 3.8) is 0 Å². The second-order valence-corrected chi connectivity index (χ2v) is 8.45. The van der Waals surface area contributed by atoms with Crippen LogP contribution in [0.15, 0.2) is 28.9 Å². The molecule has 1 aliphatic rings. The SMILES string of the molecule is C=C(C)[C@@H]1CC[C@@H](C)[C@H](OC(=O)CCCCCNc2ccc([N+](=O)[O-])c3nonc23)C1. The lowest BCUT2D eigenvalue weighted by Crippen LogP contribution is -2.32. The van der Waals surface area contributed by atoms with E-state index < -0.39 is 4.92 Å². The third kappa shape index (κ3) is 5.80. The number of benzene rings is 1. The third-order valence-corrected chi connectivity index (χ3v) is 6.07. The van der Waals surface area contributed by atoms with E-state index in [-0.39, 0.29) is 23.3 Å². The Morgan fingerprint density at radius 2 is 2.06 bits per heavy atom. The average Bonchev–Trinajstić information content (AvgIpc) is 3.21. The van der Waals surface area contributed by atoms with Gasteiger partial charge in [0.05, 0.1) is 10.6 Å². The Bertz CT molecular complexity index is 941. The first kappa shape index (κ1) is 22.7. The lowest BCUT2D eigenvalue weighted by atomic mass is 9.78. The molecule has 1 N–H and O–H groups in total. The van der Waals surface area contributed by atoms with Gasteiger partial charge in [-0.25, -0.2) is 4.63 Å². The van der Waals surface area contributed by atoms with Gasteiger partial charge in [-0.05, 0) is 67.2 Å². The number of nitro groups is 1. The number of allylic oxidation sites excluding steroid dienone is 1. The van der Waals surface area contributed by atoms with Gasteiger partial charge >= 0.3 is 11.7 Å². The molecule has 1 aromatic carbocycles. The summed E-state index contributed by atoms with van der Waals surface area (Å²) in [6.07, 6.45) is 5.94. The minimum atomic E-state index is -0.512. The summed E-state index contributed by atoms with van der Waals surface area (Å²) in [6, 6.07) is 2.99. The monoisotopic (exact) mass is 430 g/mol. The standard InChI is InChI=1S/C22H30N4O5/c1-14(2)16-9-8-15(3)19(13-16)30-20(27)7-5-4-6-12-23-17-10-11-18(26(28)29)22-21(17)24-31-25-22/h10-11,15-16,19,23H,1,4-9,12-13H2,2-3H3/t15-,16-,19-/m1/s1. The summed E-state index contributed by atoms with van der Waals surface area (Å²) >= 11 is 0. The number of ether oxygens (including phenoxy) is 1. The molecule has 1 saturated carbocycles. The number of esters is 1. The number of rotatable bonds is 10. The number of fused-ring (bicyclic) bond motifs is 1. The summed E-state index contributed by atoms with van der Waals surface area (Å²) in [6.45, 7) is 8.90. The number of unbranched alkanes of at least 4 members (excludes halogenated alkanes) is 2. The second kappa shape index (κ2) is 10.4. The van der Waals surface area contributed by atoms with E-state index in [0.717, 1.165) is 38.5 Å². The van der Waals surface area contributed by atoms with Crippen molar-refractivity contribution in [2.75, 3.05) is 11.9 Å². The van der Waals surface area contributed by atoms with Crippen LogP contribution in [-0.4, -0.2) is 33.9 Å². The Balaban J connectivity index is 1.37. The molecule has 0 spiro atoms. The highest BCUT2D eigenvalue weighted by molar-refractivity contribution is 5.93. The molecule has 0 radical (unpaired) electrons. The van der Waals surface area contributed by atoms with Crippen molar-refractivity contribution in [2.45, 2.75) is 64.9 Å². The molecule has 0 bridgehead atoms. The maximum Gasteiger partial charge on any atom is 0.306 e. The predicted molar refractivity (Wildman–Crippen MR) is 117 cm³/mol. The number of carbonyl (C=O) groups is 1. The van der Waals surface area contributed by atoms with E-state index in [1.165, 1.54) is 11.6 Å². The van der Waals surface area contributed by atoms with Gasteiger partial charge in [0.2, 0.25) is 5.52 Å². The summed E-state index contributed by atoms with van der Waals surface area (Å²) in [4.78, 5) is 22.8. The Labute approximate surface area is 181 Å². The molecule has 0 amide bonds. The number of nitro benzene ring substituents is 1. The minimum Gasteiger partial charge on any atom is -0.462 e. The largest absolute Gasteiger partial charge is 0.462 e. The number of hydrogen-bond donors (Lipinski definition) is 1. The van der Waals surface area contributed by atoms with Crippen LogP contribution < -0.4 is 5.32 Å². The van der Waals surface area contributed by atoms with E-state index in [1.807, 2.05) is 0 Å². The maximum atomic E-state index is 12.3. The zero-order chi connectivity index (χ0) is 22.4. The fourth-order valence-electron chi connectivity index (χ4n) is 4.06. The van der Waals surface area contributed by atoms with Gasteiger partial charge in [0.15, 0.2) is 5.52 Å². The number of hydrogen-bond acceptors (Lipinski definition) is 8. The minimum absolute atomic E-state index is 0.00904. The van der Waals surface area contributed by atoms with Crippen molar-refractivity contribution in [2.24, 2.45) is 11.8 Å². The Morgan fingerprint density at radius 1 is 1.29 bits per heavy atom. The number of aromatic nitrogens is 2. The van der Waals surface area contributed by atoms with Crippen LogP contribution in [0.4, 0.5) is 11.4 Å². The van der Waals surface area contributed by atoms with Gasteiger partial charge in [-0.2, -0.15) is 0 Å². The summed E-state index contributed by atoms with van der Waals surface area (Å²) in [7, 11) is 0. The van der Waals surface area contributed by atoms with Crippen LogP contribution >= 0.6 is 0 Å². The van der Waals surface area contributed by atoms with Crippen molar-refractivity contribution in [1.82, 2.24) is 10.3 Å². The smallest absolute Gasteiger partial charge is 0.306 e. The Morgan fingerprint density at radius 3 is 2.81 bits per heavy atom. The zero-order valence-corrected chi connectivity index (χ0v) is 18.1. The molecule has 1 heterocycles. The first-order chi connectivity index (χ1) is 14.9. The predicted octanol–water partition coefficient (Wildman–Crippen LogP) is 5.03. The highest BCUT2D eigenvalue weighted by Crippen LogP contribution is 2.34. The molecule has 168 valence electrons. The van der Waals surface area contributed by atoms with Crippen molar-refractivity contribution >= 4 is 28.4 Å². The first-order valence-electron chi connectivity index (χ1n) is 10.8. The highest BCUT2D eigenvalue weighted by Gasteiger charge is 2.30. The molecule has 1 aliphatic carbocycles. The summed E-state index contributed by atoms with van der Waals surface area (Å²) < 4.78 is 10.4. The lowest BCUT2D eigenvalue weighted by Gasteiger charge is -2.34. The van der Waals surface area contributed by atoms with Crippen molar-refractivity contribution in [3.8, 4) is 0 Å². The van der Waals surface area contributed by atoms with Crippen LogP contribution in [-0.2, 0) is 9.53 Å². The quantitative estimate of drug-likeness (QED) is 0.183. The maximum absolute atomic E-state index is 12.3. The molecule has 0 aliphatic heterocycles. The molecule has 1 aromatic heterocycles. The van der Waals surface area contributed by atoms with Gasteiger partial charge in [-0.1, -0.05) is 25.5 Å². The third-order valence-electron chi connectivity index (χ3n) is 6.07. The second-order valence-electron chi connectivity index (χ2n) is 8.45. The summed E-state index contributed by atoms with van der Waals surface area (Å²) in [5.74, 6) is 0.720. The normalized spacial score (nSPS) is 21.0. The zero-order valence-electron chi connectivity index (χ0n) is 18.1. The number of nitrogens with one attached hydrogen (secondary N) is 1. The van der Waals surface area contributed by atoms with Crippen molar-refractivity contribution < 1.29 is 19.1 Å². The molecular formula is C22H30N4O5. The van der Waals surface area contributed by atoms with Gasteiger partial charge in [-0.15, -0.1) is 0 Å². The van der Waals surface area contributed by atoms with Gasteiger partial charge in [0, 0.05) is 19.0 Å². The number of anilines is 1. The number of non-ortho nitro benzene ring substituents is 1. The average molecular weight is 431 g/mol. The van der Waals surface area contributed by atoms with Gasteiger partial charge in [0.25, 0.3) is 0 Å². The van der Waals surface area contributed by atoms with Crippen LogP contribution in [0.5, 0.6) is 0 Å². The Hall–Kier alpha value is -2.97. The molecule has 3 atom stereocenters. The number of nitrogens with zero attached hydrogens (tertiary/aromatic N) is 3. The van der Waals surface area contributed by atoms with E-state index in [0.29, 0.717) is 36.0 Å². The Kier molecular flexibility index (Phi) is 7.59. The molecule has 0 unspecified atom stereocenters. The molecular weight excluding hydrogens is 400 g/mol. The van der Waals surface area contributed by atoms with Gasteiger partial charge < -0.3 is 10.1 Å².